The van der Waals surface area contributed by atoms with Crippen LogP contribution in [0, 0.1) is 0 Å². The van der Waals surface area contributed by atoms with E-state index in [-0.39, 0.29) is 10.5 Å². The average molecular weight is 352 g/mol. The van der Waals surface area contributed by atoms with E-state index in [2.05, 4.69) is 5.32 Å². The van der Waals surface area contributed by atoms with Gasteiger partial charge < -0.3 is 14.5 Å². The second kappa shape index (κ2) is 7.28. The summed E-state index contributed by atoms with van der Waals surface area (Å²) >= 11 is 0. The second-order valence-corrected chi connectivity index (χ2v) is 7.10. The van der Waals surface area contributed by atoms with Crippen molar-refractivity contribution in [3.63, 3.8) is 0 Å². The van der Waals surface area contributed by atoms with Crippen LogP contribution in [0.1, 0.15) is 10.4 Å². The number of carbonyl (C=O) groups is 2. The number of rotatable bonds is 6. The Labute approximate surface area is 139 Å². The maximum absolute atomic E-state index is 11.9. The van der Waals surface area contributed by atoms with Gasteiger partial charge in [0.05, 0.1) is 16.7 Å². The Bertz CT molecular complexity index is 810. The quantitative estimate of drug-likeness (QED) is 0.786. The number of nitrogens with one attached hydrogen (secondary N) is 1. The molecule has 0 aliphatic heterocycles. The van der Waals surface area contributed by atoms with Crippen molar-refractivity contribution in [3.8, 4) is 0 Å². The molecule has 8 nitrogen and oxygen atoms in total. The Morgan fingerprint density at radius 3 is 2.38 bits per heavy atom. The lowest BCUT2D eigenvalue weighted by atomic mass is 10.3. The van der Waals surface area contributed by atoms with E-state index in [0.29, 0.717) is 5.69 Å². The van der Waals surface area contributed by atoms with Crippen LogP contribution in [0.2, 0.25) is 0 Å². The molecular weight excluding hydrogens is 336 g/mol. The molecule has 0 bridgehead atoms. The SMILES string of the molecule is CN(C)S(=O)(=O)c1ccc(NC(=O)COC(=O)c2ccoc2)cc1. The minimum absolute atomic E-state index is 0.108. The summed E-state index contributed by atoms with van der Waals surface area (Å²) in [4.78, 5) is 23.4. The Kier molecular flexibility index (Phi) is 5.37. The van der Waals surface area contributed by atoms with Crippen molar-refractivity contribution in [1.29, 1.82) is 0 Å². The number of nitrogens with zero attached hydrogens (tertiary/aromatic N) is 1. The summed E-state index contributed by atoms with van der Waals surface area (Å²) in [7, 11) is -0.666. The van der Waals surface area contributed by atoms with Gasteiger partial charge in [0.1, 0.15) is 6.26 Å². The van der Waals surface area contributed by atoms with Crippen molar-refractivity contribution in [2.75, 3.05) is 26.0 Å². The third-order valence-electron chi connectivity index (χ3n) is 3.01. The Morgan fingerprint density at radius 1 is 1.17 bits per heavy atom. The molecule has 1 heterocycles. The Balaban J connectivity index is 1.92. The van der Waals surface area contributed by atoms with E-state index in [1.54, 1.807) is 0 Å². The molecule has 0 unspecified atom stereocenters. The van der Waals surface area contributed by atoms with Crippen molar-refractivity contribution >= 4 is 27.6 Å². The first-order valence-corrected chi connectivity index (χ1v) is 8.26. The molecule has 2 rings (SSSR count). The molecule has 0 aliphatic rings. The summed E-state index contributed by atoms with van der Waals surface area (Å²) < 4.78 is 34.5. The predicted octanol–water partition coefficient (Wildman–Crippen LogP) is 1.33. The zero-order chi connectivity index (χ0) is 17.7. The summed E-state index contributed by atoms with van der Waals surface area (Å²) in [6.07, 6.45) is 2.53. The predicted molar refractivity (Wildman–Crippen MR) is 84.9 cm³/mol. The van der Waals surface area contributed by atoms with Gasteiger partial charge in [-0.2, -0.15) is 0 Å². The van der Waals surface area contributed by atoms with Crippen molar-refractivity contribution < 1.29 is 27.2 Å². The van der Waals surface area contributed by atoms with Crippen LogP contribution in [-0.4, -0.2) is 45.3 Å². The summed E-state index contributed by atoms with van der Waals surface area (Å²) in [5.74, 6) is -1.22. The third-order valence-corrected chi connectivity index (χ3v) is 4.84. The molecule has 0 fully saturated rings. The smallest absolute Gasteiger partial charge is 0.341 e. The number of ether oxygens (including phenoxy) is 1. The Morgan fingerprint density at radius 2 is 1.83 bits per heavy atom. The average Bonchev–Trinajstić information content (AvgIpc) is 3.07. The number of anilines is 1. The number of hydrogen-bond acceptors (Lipinski definition) is 6. The van der Waals surface area contributed by atoms with E-state index in [4.69, 9.17) is 9.15 Å². The van der Waals surface area contributed by atoms with E-state index < -0.39 is 28.5 Å². The monoisotopic (exact) mass is 352 g/mol. The first-order valence-electron chi connectivity index (χ1n) is 6.82. The number of benzene rings is 1. The van der Waals surface area contributed by atoms with Gasteiger partial charge >= 0.3 is 5.97 Å². The number of furan rings is 1. The molecule has 24 heavy (non-hydrogen) atoms. The van der Waals surface area contributed by atoms with Crippen molar-refractivity contribution in [2.24, 2.45) is 0 Å². The molecule has 2 aromatic rings. The van der Waals surface area contributed by atoms with Gasteiger partial charge in [-0.15, -0.1) is 0 Å². The maximum atomic E-state index is 11.9. The van der Waals surface area contributed by atoms with E-state index >= 15 is 0 Å². The van der Waals surface area contributed by atoms with Crippen LogP contribution >= 0.6 is 0 Å². The van der Waals surface area contributed by atoms with Crippen LogP contribution in [0.25, 0.3) is 0 Å². The van der Waals surface area contributed by atoms with Gasteiger partial charge in [-0.05, 0) is 30.3 Å². The lowest BCUT2D eigenvalue weighted by molar-refractivity contribution is -0.119. The normalized spacial score (nSPS) is 11.3. The van der Waals surface area contributed by atoms with Gasteiger partial charge in [0, 0.05) is 19.8 Å². The van der Waals surface area contributed by atoms with Gasteiger partial charge in [0.15, 0.2) is 6.61 Å². The standard InChI is InChI=1S/C15H16N2O6S/c1-17(2)24(20,21)13-5-3-12(4-6-13)16-14(18)10-23-15(19)11-7-8-22-9-11/h3-9H,10H2,1-2H3,(H,16,18). The van der Waals surface area contributed by atoms with Gasteiger partial charge in [-0.1, -0.05) is 0 Å². The number of amides is 1. The largest absolute Gasteiger partial charge is 0.472 e. The molecular formula is C15H16N2O6S. The highest BCUT2D eigenvalue weighted by molar-refractivity contribution is 7.89. The van der Waals surface area contributed by atoms with E-state index in [0.717, 1.165) is 4.31 Å². The number of hydrogen-bond donors (Lipinski definition) is 1. The van der Waals surface area contributed by atoms with Crippen LogP contribution in [0.5, 0.6) is 0 Å². The number of carbonyl (C=O) groups excluding carboxylic acids is 2. The lowest BCUT2D eigenvalue weighted by Crippen LogP contribution is -2.22. The van der Waals surface area contributed by atoms with Crippen molar-refractivity contribution in [2.45, 2.75) is 4.90 Å². The van der Waals surface area contributed by atoms with Crippen LogP contribution < -0.4 is 5.32 Å². The minimum Gasteiger partial charge on any atom is -0.472 e. The fourth-order valence-corrected chi connectivity index (χ4v) is 2.61. The lowest BCUT2D eigenvalue weighted by Gasteiger charge is -2.12. The number of sulfonamides is 1. The van der Waals surface area contributed by atoms with Crippen LogP contribution in [0.15, 0.2) is 52.2 Å². The molecule has 1 N–H and O–H groups in total. The number of esters is 1. The molecule has 1 aromatic carbocycles. The molecule has 0 atom stereocenters. The van der Waals surface area contributed by atoms with Gasteiger partial charge in [-0.25, -0.2) is 17.5 Å². The van der Waals surface area contributed by atoms with Crippen LogP contribution in [-0.2, 0) is 19.6 Å². The maximum Gasteiger partial charge on any atom is 0.341 e. The molecule has 0 radical (unpaired) electrons. The molecule has 1 aromatic heterocycles. The first kappa shape index (κ1) is 17.7. The van der Waals surface area contributed by atoms with Crippen molar-refractivity contribution in [3.05, 3.63) is 48.4 Å². The second-order valence-electron chi connectivity index (χ2n) is 4.95. The molecule has 0 saturated carbocycles. The summed E-state index contributed by atoms with van der Waals surface area (Å²) in [5, 5.41) is 2.50. The first-order chi connectivity index (χ1) is 11.3. The fraction of sp³-hybridized carbons (Fsp3) is 0.200. The van der Waals surface area contributed by atoms with E-state index in [1.807, 2.05) is 0 Å². The zero-order valence-electron chi connectivity index (χ0n) is 13.1. The van der Waals surface area contributed by atoms with Gasteiger partial charge in [-0.3, -0.25) is 4.79 Å². The molecule has 1 amide bonds. The highest BCUT2D eigenvalue weighted by Crippen LogP contribution is 2.16. The molecule has 128 valence electrons. The molecule has 0 saturated heterocycles. The topological polar surface area (TPSA) is 106 Å². The van der Waals surface area contributed by atoms with Crippen LogP contribution in [0.3, 0.4) is 0 Å². The molecule has 0 aliphatic carbocycles. The summed E-state index contributed by atoms with van der Waals surface area (Å²) in [6.45, 7) is -0.470. The highest BCUT2D eigenvalue weighted by atomic mass is 32.2. The molecule has 0 spiro atoms. The van der Waals surface area contributed by atoms with Gasteiger partial charge in [0.25, 0.3) is 5.91 Å². The fourth-order valence-electron chi connectivity index (χ4n) is 1.71. The van der Waals surface area contributed by atoms with Crippen LogP contribution in [0.4, 0.5) is 5.69 Å². The zero-order valence-corrected chi connectivity index (χ0v) is 13.9. The summed E-state index contributed by atoms with van der Waals surface area (Å²) in [5.41, 5.74) is 0.595. The third kappa shape index (κ3) is 4.21. The van der Waals surface area contributed by atoms with E-state index in [1.165, 1.54) is 57.0 Å². The summed E-state index contributed by atoms with van der Waals surface area (Å²) in [6, 6.07) is 7.08. The highest BCUT2D eigenvalue weighted by Gasteiger charge is 2.17. The van der Waals surface area contributed by atoms with Gasteiger partial charge in [0.2, 0.25) is 10.0 Å². The van der Waals surface area contributed by atoms with Crippen molar-refractivity contribution in [1.82, 2.24) is 4.31 Å². The Hall–Kier alpha value is -2.65. The van der Waals surface area contributed by atoms with E-state index in [9.17, 15) is 18.0 Å². The minimum atomic E-state index is -3.53. The molecule has 9 heteroatoms.